The quantitative estimate of drug-likeness (QED) is 0.676. The fourth-order valence-corrected chi connectivity index (χ4v) is 3.67. The van der Waals surface area contributed by atoms with E-state index < -0.39 is 5.66 Å². The molecule has 0 aromatic heterocycles. The van der Waals surface area contributed by atoms with Crippen LogP contribution in [0.1, 0.15) is 25.8 Å². The molecule has 0 spiro atoms. The summed E-state index contributed by atoms with van der Waals surface area (Å²) in [7, 11) is 0. The fourth-order valence-electron chi connectivity index (χ4n) is 2.50. The SMILES string of the molecule is CCC1(C)N=C(SCC(=O)Nc2ccc(F)cc2)C(c2ccc(Br)cc2)=N1. The number of carbonyl (C=O) groups is 1. The molecule has 1 aliphatic rings. The van der Waals surface area contributed by atoms with Crippen molar-refractivity contribution >= 4 is 50.0 Å². The summed E-state index contributed by atoms with van der Waals surface area (Å²) in [4.78, 5) is 21.8. The van der Waals surface area contributed by atoms with Crippen LogP contribution in [-0.4, -0.2) is 28.1 Å². The van der Waals surface area contributed by atoms with Crippen molar-refractivity contribution in [2.75, 3.05) is 11.1 Å². The summed E-state index contributed by atoms with van der Waals surface area (Å²) in [5.41, 5.74) is 1.85. The normalized spacial score (nSPS) is 18.8. The molecule has 0 fully saturated rings. The second-order valence-corrected chi connectivity index (χ2v) is 8.18. The number of amides is 1. The maximum absolute atomic E-state index is 13.0. The average molecular weight is 448 g/mol. The lowest BCUT2D eigenvalue weighted by Gasteiger charge is -2.13. The van der Waals surface area contributed by atoms with E-state index in [0.717, 1.165) is 27.2 Å². The van der Waals surface area contributed by atoms with Gasteiger partial charge in [0.2, 0.25) is 5.91 Å². The molecule has 27 heavy (non-hydrogen) atoms. The highest BCUT2D eigenvalue weighted by molar-refractivity contribution is 9.10. The summed E-state index contributed by atoms with van der Waals surface area (Å²) in [5.74, 6) is -0.308. The van der Waals surface area contributed by atoms with E-state index in [-0.39, 0.29) is 17.5 Å². The molecule has 2 aromatic rings. The molecule has 0 saturated carbocycles. The second kappa shape index (κ2) is 8.35. The minimum absolute atomic E-state index is 0.172. The number of hydrogen-bond acceptors (Lipinski definition) is 4. The monoisotopic (exact) mass is 447 g/mol. The fraction of sp³-hybridized carbons (Fsp3) is 0.250. The number of halogens is 2. The highest BCUT2D eigenvalue weighted by atomic mass is 79.9. The third-order valence-electron chi connectivity index (χ3n) is 4.15. The molecule has 0 saturated heterocycles. The molecule has 0 aliphatic carbocycles. The van der Waals surface area contributed by atoms with Crippen molar-refractivity contribution in [3.63, 3.8) is 0 Å². The zero-order valence-corrected chi connectivity index (χ0v) is 17.4. The molecule has 7 heteroatoms. The lowest BCUT2D eigenvalue weighted by atomic mass is 10.1. The highest BCUT2D eigenvalue weighted by Crippen LogP contribution is 2.30. The van der Waals surface area contributed by atoms with E-state index in [2.05, 4.69) is 21.2 Å². The predicted octanol–water partition coefficient (Wildman–Crippen LogP) is 5.29. The molecule has 2 aromatic carbocycles. The molecule has 0 radical (unpaired) electrons. The smallest absolute Gasteiger partial charge is 0.234 e. The van der Waals surface area contributed by atoms with Gasteiger partial charge in [0, 0.05) is 15.7 Å². The molecule has 0 bridgehead atoms. The van der Waals surface area contributed by atoms with Crippen molar-refractivity contribution in [1.29, 1.82) is 0 Å². The molecule has 3 rings (SSSR count). The Hall–Kier alpha value is -1.99. The van der Waals surface area contributed by atoms with Crippen LogP contribution >= 0.6 is 27.7 Å². The van der Waals surface area contributed by atoms with Gasteiger partial charge in [0.15, 0.2) is 0 Å². The maximum Gasteiger partial charge on any atom is 0.234 e. The first-order valence-corrected chi connectivity index (χ1v) is 10.3. The van der Waals surface area contributed by atoms with Crippen molar-refractivity contribution in [2.45, 2.75) is 25.9 Å². The van der Waals surface area contributed by atoms with Crippen LogP contribution < -0.4 is 5.32 Å². The number of rotatable bonds is 5. The van der Waals surface area contributed by atoms with Crippen LogP contribution in [0.25, 0.3) is 0 Å². The summed E-state index contributed by atoms with van der Waals surface area (Å²) in [6.07, 6.45) is 0.777. The minimum Gasteiger partial charge on any atom is -0.325 e. The van der Waals surface area contributed by atoms with Gasteiger partial charge in [-0.1, -0.05) is 46.7 Å². The molecule has 1 aliphatic heterocycles. The average Bonchev–Trinajstić information content (AvgIpc) is 3.00. The van der Waals surface area contributed by atoms with Crippen LogP contribution in [0.15, 0.2) is 63.0 Å². The van der Waals surface area contributed by atoms with Crippen LogP contribution in [-0.2, 0) is 4.79 Å². The van der Waals surface area contributed by atoms with E-state index in [0.29, 0.717) is 5.69 Å². The Balaban J connectivity index is 1.70. The van der Waals surface area contributed by atoms with Gasteiger partial charge in [0.25, 0.3) is 0 Å². The molecule has 4 nitrogen and oxygen atoms in total. The van der Waals surface area contributed by atoms with Crippen molar-refractivity contribution in [2.24, 2.45) is 9.98 Å². The van der Waals surface area contributed by atoms with E-state index >= 15 is 0 Å². The molecular weight excluding hydrogens is 429 g/mol. The molecule has 140 valence electrons. The zero-order valence-electron chi connectivity index (χ0n) is 15.0. The van der Waals surface area contributed by atoms with Crippen LogP contribution in [0.3, 0.4) is 0 Å². The lowest BCUT2D eigenvalue weighted by molar-refractivity contribution is -0.113. The van der Waals surface area contributed by atoms with Gasteiger partial charge < -0.3 is 5.32 Å². The van der Waals surface area contributed by atoms with Gasteiger partial charge in [0.05, 0.1) is 11.5 Å². The lowest BCUT2D eigenvalue weighted by Crippen LogP contribution is -2.17. The van der Waals surface area contributed by atoms with Crippen LogP contribution in [0.2, 0.25) is 0 Å². The Morgan fingerprint density at radius 2 is 1.81 bits per heavy atom. The largest absolute Gasteiger partial charge is 0.325 e. The summed E-state index contributed by atoms with van der Waals surface area (Å²) >= 11 is 4.80. The maximum atomic E-state index is 13.0. The van der Waals surface area contributed by atoms with Gasteiger partial charge in [-0.05, 0) is 49.7 Å². The van der Waals surface area contributed by atoms with E-state index in [1.165, 1.54) is 36.0 Å². The van der Waals surface area contributed by atoms with Gasteiger partial charge in [-0.25, -0.2) is 9.38 Å². The van der Waals surface area contributed by atoms with Crippen molar-refractivity contribution in [1.82, 2.24) is 0 Å². The standard InChI is InChI=1S/C20H19BrFN3OS/c1-3-20(2)24-18(13-4-6-14(21)7-5-13)19(25-20)27-12-17(26)23-16-10-8-15(22)9-11-16/h4-11H,3,12H2,1-2H3,(H,23,26). The van der Waals surface area contributed by atoms with Crippen LogP contribution in [0, 0.1) is 5.82 Å². The third-order valence-corrected chi connectivity index (χ3v) is 5.65. The number of aliphatic imine (C=N–C) groups is 2. The van der Waals surface area contributed by atoms with Gasteiger partial charge in [-0.15, -0.1) is 0 Å². The van der Waals surface area contributed by atoms with Gasteiger partial charge >= 0.3 is 0 Å². The summed E-state index contributed by atoms with van der Waals surface area (Å²) in [6, 6.07) is 13.6. The number of anilines is 1. The van der Waals surface area contributed by atoms with Crippen LogP contribution in [0.4, 0.5) is 10.1 Å². The van der Waals surface area contributed by atoms with E-state index in [1.54, 1.807) is 0 Å². The van der Waals surface area contributed by atoms with Gasteiger partial charge in [0.1, 0.15) is 16.5 Å². The molecule has 1 amide bonds. The predicted molar refractivity (Wildman–Crippen MR) is 114 cm³/mol. The number of nitrogens with one attached hydrogen (secondary N) is 1. The first kappa shape index (κ1) is 19.8. The van der Waals surface area contributed by atoms with Gasteiger partial charge in [-0.2, -0.15) is 0 Å². The number of thioether (sulfide) groups is 1. The number of carbonyl (C=O) groups excluding carboxylic acids is 1. The topological polar surface area (TPSA) is 53.8 Å². The number of benzene rings is 2. The van der Waals surface area contributed by atoms with E-state index in [9.17, 15) is 9.18 Å². The Bertz CT molecular complexity index is 896. The molecule has 1 N–H and O–H groups in total. The minimum atomic E-state index is -0.502. The molecule has 1 atom stereocenters. The van der Waals surface area contributed by atoms with Gasteiger partial charge in [-0.3, -0.25) is 9.79 Å². The Morgan fingerprint density at radius 3 is 2.44 bits per heavy atom. The van der Waals surface area contributed by atoms with Crippen molar-refractivity contribution in [3.05, 3.63) is 64.4 Å². The first-order chi connectivity index (χ1) is 12.9. The summed E-state index contributed by atoms with van der Waals surface area (Å²) in [6.45, 7) is 4.03. The van der Waals surface area contributed by atoms with Crippen molar-refractivity contribution in [3.8, 4) is 0 Å². The third kappa shape index (κ3) is 5.05. The summed E-state index contributed by atoms with van der Waals surface area (Å²) < 4.78 is 14.0. The Kier molecular flexibility index (Phi) is 6.11. The molecule has 1 heterocycles. The van der Waals surface area contributed by atoms with Crippen LogP contribution in [0.5, 0.6) is 0 Å². The highest BCUT2D eigenvalue weighted by Gasteiger charge is 2.31. The molecule has 1 unspecified atom stereocenters. The summed E-state index contributed by atoms with van der Waals surface area (Å²) in [5, 5.41) is 3.52. The molecular formula is C20H19BrFN3OS. The van der Waals surface area contributed by atoms with E-state index in [1.807, 2.05) is 38.1 Å². The number of hydrogen-bond donors (Lipinski definition) is 1. The van der Waals surface area contributed by atoms with Crippen molar-refractivity contribution < 1.29 is 9.18 Å². The first-order valence-electron chi connectivity index (χ1n) is 8.53. The Labute approximate surface area is 170 Å². The second-order valence-electron chi connectivity index (χ2n) is 6.30. The zero-order chi connectivity index (χ0) is 19.4. The van der Waals surface area contributed by atoms with E-state index in [4.69, 9.17) is 9.98 Å². The Morgan fingerprint density at radius 1 is 1.15 bits per heavy atom. The number of nitrogens with zero attached hydrogens (tertiary/aromatic N) is 2.